The Morgan fingerprint density at radius 1 is 1.43 bits per heavy atom. The predicted octanol–water partition coefficient (Wildman–Crippen LogP) is 2.65. The van der Waals surface area contributed by atoms with Crippen molar-refractivity contribution in [3.8, 4) is 0 Å². The molecule has 0 bridgehead atoms. The van der Waals surface area contributed by atoms with Crippen molar-refractivity contribution < 1.29 is 5.11 Å². The van der Waals surface area contributed by atoms with Gasteiger partial charge in [0.1, 0.15) is 10.6 Å². The smallest absolute Gasteiger partial charge is 0.226 e. The zero-order valence-electron chi connectivity index (χ0n) is 12.6. The highest BCUT2D eigenvalue weighted by Gasteiger charge is 2.22. The maximum Gasteiger partial charge on any atom is 0.226 e. The number of aryl methyl sites for hydroxylation is 1. The third kappa shape index (κ3) is 2.96. The van der Waals surface area contributed by atoms with Gasteiger partial charge in [0.2, 0.25) is 5.95 Å². The van der Waals surface area contributed by atoms with Crippen molar-refractivity contribution in [2.75, 3.05) is 29.9 Å². The van der Waals surface area contributed by atoms with Gasteiger partial charge in [-0.1, -0.05) is 6.92 Å². The second-order valence-corrected chi connectivity index (χ2v) is 6.54. The molecule has 0 radical (unpaired) electrons. The van der Waals surface area contributed by atoms with Gasteiger partial charge in [-0.3, -0.25) is 0 Å². The van der Waals surface area contributed by atoms with E-state index in [0.717, 1.165) is 48.4 Å². The first kappa shape index (κ1) is 14.5. The molecule has 5 nitrogen and oxygen atoms in total. The number of aromatic nitrogens is 2. The van der Waals surface area contributed by atoms with E-state index in [4.69, 9.17) is 4.98 Å². The summed E-state index contributed by atoms with van der Waals surface area (Å²) in [5.41, 5.74) is 0. The summed E-state index contributed by atoms with van der Waals surface area (Å²) in [6, 6.07) is 2.20. The van der Waals surface area contributed by atoms with Gasteiger partial charge in [0.25, 0.3) is 0 Å². The Labute approximate surface area is 129 Å². The quantitative estimate of drug-likeness (QED) is 0.909. The molecule has 1 atom stereocenters. The first-order valence-electron chi connectivity index (χ1n) is 7.68. The number of nitrogens with one attached hydrogen (secondary N) is 1. The molecule has 1 saturated heterocycles. The van der Waals surface area contributed by atoms with Crippen molar-refractivity contribution in [1.29, 1.82) is 0 Å². The average molecular weight is 306 g/mol. The molecule has 2 aromatic heterocycles. The molecule has 0 aliphatic carbocycles. The summed E-state index contributed by atoms with van der Waals surface area (Å²) in [6.07, 6.45) is 2.65. The molecule has 0 aromatic carbocycles. The zero-order chi connectivity index (χ0) is 14.8. The molecular formula is C15H22N4OS. The molecule has 0 saturated carbocycles. The lowest BCUT2D eigenvalue weighted by Gasteiger charge is -2.31. The molecule has 2 aromatic rings. The number of nitrogens with zero attached hydrogens (tertiary/aromatic N) is 3. The Morgan fingerprint density at radius 2 is 2.29 bits per heavy atom. The molecule has 1 unspecified atom stereocenters. The van der Waals surface area contributed by atoms with Gasteiger partial charge in [0.15, 0.2) is 0 Å². The molecular weight excluding hydrogens is 284 g/mol. The van der Waals surface area contributed by atoms with Crippen molar-refractivity contribution in [2.24, 2.45) is 0 Å². The van der Waals surface area contributed by atoms with Crippen LogP contribution >= 0.6 is 11.3 Å². The monoisotopic (exact) mass is 306 g/mol. The number of fused-ring (bicyclic) bond motifs is 1. The van der Waals surface area contributed by atoms with E-state index in [1.165, 1.54) is 4.88 Å². The number of aliphatic hydroxyl groups is 1. The molecule has 1 aliphatic rings. The van der Waals surface area contributed by atoms with Crippen LogP contribution in [0.1, 0.15) is 31.6 Å². The van der Waals surface area contributed by atoms with E-state index in [0.29, 0.717) is 12.5 Å². The van der Waals surface area contributed by atoms with Crippen LogP contribution in [0.25, 0.3) is 10.2 Å². The summed E-state index contributed by atoms with van der Waals surface area (Å²) in [4.78, 5) is 13.9. The number of anilines is 2. The number of β-amino-alcohol motifs (C(OH)–C–C–N with tert-alkyl or cyclic N) is 1. The summed E-state index contributed by atoms with van der Waals surface area (Å²) in [5, 5.41) is 14.3. The lowest BCUT2D eigenvalue weighted by molar-refractivity contribution is 0.154. The number of hydrogen-bond donors (Lipinski definition) is 2. The Balaban J connectivity index is 2.06. The number of thiophene rings is 1. The Kier molecular flexibility index (Phi) is 4.26. The second-order valence-electron chi connectivity index (χ2n) is 5.43. The maximum absolute atomic E-state index is 9.94. The highest BCUT2D eigenvalue weighted by Crippen LogP contribution is 2.33. The lowest BCUT2D eigenvalue weighted by atomic mass is 10.1. The van der Waals surface area contributed by atoms with E-state index in [-0.39, 0.29) is 6.10 Å². The predicted molar refractivity (Wildman–Crippen MR) is 88.4 cm³/mol. The zero-order valence-corrected chi connectivity index (χ0v) is 13.4. The van der Waals surface area contributed by atoms with E-state index in [1.54, 1.807) is 11.3 Å². The average Bonchev–Trinajstić information content (AvgIpc) is 2.90. The number of piperidine rings is 1. The fourth-order valence-corrected chi connectivity index (χ4v) is 3.72. The Morgan fingerprint density at radius 3 is 3.00 bits per heavy atom. The van der Waals surface area contributed by atoms with Crippen LogP contribution in [0, 0.1) is 0 Å². The molecule has 2 N–H and O–H groups in total. The molecule has 21 heavy (non-hydrogen) atoms. The van der Waals surface area contributed by atoms with Crippen LogP contribution in [0.3, 0.4) is 0 Å². The van der Waals surface area contributed by atoms with Gasteiger partial charge < -0.3 is 15.3 Å². The number of hydrogen-bond acceptors (Lipinski definition) is 6. The minimum atomic E-state index is -0.254. The maximum atomic E-state index is 9.94. The number of aliphatic hydroxyl groups excluding tert-OH is 1. The van der Waals surface area contributed by atoms with Crippen LogP contribution in [-0.4, -0.2) is 40.8 Å². The summed E-state index contributed by atoms with van der Waals surface area (Å²) in [7, 11) is 0. The minimum Gasteiger partial charge on any atom is -0.391 e. The normalized spacial score (nSPS) is 19.2. The van der Waals surface area contributed by atoms with Gasteiger partial charge >= 0.3 is 0 Å². The van der Waals surface area contributed by atoms with Crippen LogP contribution in [-0.2, 0) is 6.42 Å². The van der Waals surface area contributed by atoms with Crippen molar-refractivity contribution in [3.63, 3.8) is 0 Å². The summed E-state index contributed by atoms with van der Waals surface area (Å²) in [6.45, 7) is 6.62. The standard InChI is InChI=1S/C15H22N4OS/c1-3-11-8-12-13(19-7-5-6-10(20)9-19)17-15(16-4-2)18-14(12)21-11/h8,10,20H,3-7,9H2,1-2H3,(H,16,17,18). The third-order valence-electron chi connectivity index (χ3n) is 3.80. The summed E-state index contributed by atoms with van der Waals surface area (Å²) in [5.74, 6) is 1.65. The van der Waals surface area contributed by atoms with Crippen molar-refractivity contribution in [2.45, 2.75) is 39.2 Å². The van der Waals surface area contributed by atoms with E-state index in [1.807, 2.05) is 6.92 Å². The Bertz CT molecular complexity index is 627. The van der Waals surface area contributed by atoms with Gasteiger partial charge in [0.05, 0.1) is 11.5 Å². The van der Waals surface area contributed by atoms with Crippen molar-refractivity contribution in [1.82, 2.24) is 9.97 Å². The molecule has 6 heteroatoms. The Hall–Kier alpha value is -1.40. The molecule has 3 rings (SSSR count). The van der Waals surface area contributed by atoms with Crippen LogP contribution in [0.2, 0.25) is 0 Å². The fourth-order valence-electron chi connectivity index (χ4n) is 2.76. The molecule has 1 aliphatic heterocycles. The van der Waals surface area contributed by atoms with Crippen LogP contribution in [0.5, 0.6) is 0 Å². The van der Waals surface area contributed by atoms with E-state index in [9.17, 15) is 5.11 Å². The van der Waals surface area contributed by atoms with Gasteiger partial charge in [0, 0.05) is 24.5 Å². The van der Waals surface area contributed by atoms with E-state index < -0.39 is 0 Å². The van der Waals surface area contributed by atoms with Gasteiger partial charge in [-0.2, -0.15) is 4.98 Å². The van der Waals surface area contributed by atoms with E-state index >= 15 is 0 Å². The van der Waals surface area contributed by atoms with Crippen LogP contribution in [0.4, 0.5) is 11.8 Å². The fraction of sp³-hybridized carbons (Fsp3) is 0.600. The van der Waals surface area contributed by atoms with Gasteiger partial charge in [-0.25, -0.2) is 4.98 Å². The molecule has 114 valence electrons. The minimum absolute atomic E-state index is 0.254. The van der Waals surface area contributed by atoms with Crippen LogP contribution in [0.15, 0.2) is 6.07 Å². The third-order valence-corrected chi connectivity index (χ3v) is 4.98. The largest absolute Gasteiger partial charge is 0.391 e. The SMILES string of the molecule is CCNc1nc(N2CCCC(O)C2)c2cc(CC)sc2n1. The molecule has 0 spiro atoms. The van der Waals surface area contributed by atoms with E-state index in [2.05, 4.69) is 28.2 Å². The van der Waals surface area contributed by atoms with Crippen molar-refractivity contribution >= 4 is 33.3 Å². The summed E-state index contributed by atoms with van der Waals surface area (Å²) >= 11 is 1.74. The highest BCUT2D eigenvalue weighted by molar-refractivity contribution is 7.18. The summed E-state index contributed by atoms with van der Waals surface area (Å²) < 4.78 is 0. The highest BCUT2D eigenvalue weighted by atomic mass is 32.1. The molecule has 0 amide bonds. The lowest BCUT2D eigenvalue weighted by Crippen LogP contribution is -2.38. The molecule has 1 fully saturated rings. The molecule has 3 heterocycles. The van der Waals surface area contributed by atoms with Crippen LogP contribution < -0.4 is 10.2 Å². The first-order valence-corrected chi connectivity index (χ1v) is 8.50. The first-order chi connectivity index (χ1) is 10.2. The topological polar surface area (TPSA) is 61.3 Å². The second kappa shape index (κ2) is 6.15. The number of rotatable bonds is 4. The van der Waals surface area contributed by atoms with Gasteiger partial charge in [-0.05, 0) is 32.3 Å². The van der Waals surface area contributed by atoms with Crippen molar-refractivity contribution in [3.05, 3.63) is 10.9 Å². The van der Waals surface area contributed by atoms with Gasteiger partial charge in [-0.15, -0.1) is 11.3 Å².